The van der Waals surface area contributed by atoms with Crippen LogP contribution in [0, 0.1) is 0 Å². The molecule has 0 saturated heterocycles. The zero-order chi connectivity index (χ0) is 12.1. The maximum absolute atomic E-state index is 9.86. The summed E-state index contributed by atoms with van der Waals surface area (Å²) in [6.45, 7) is 0. The van der Waals surface area contributed by atoms with E-state index < -0.39 is 6.23 Å². The van der Waals surface area contributed by atoms with Crippen molar-refractivity contribution in [1.29, 1.82) is 0 Å². The maximum Gasteiger partial charge on any atom is 0.128 e. The molecule has 0 bridgehead atoms. The largest absolute Gasteiger partial charge is 0.373 e. The maximum atomic E-state index is 9.86. The molecule has 2 N–H and O–H groups in total. The lowest BCUT2D eigenvalue weighted by Crippen LogP contribution is -2.21. The Morgan fingerprint density at radius 1 is 1.12 bits per heavy atom. The number of aliphatic hydroxyl groups is 1. The molecule has 1 atom stereocenters. The van der Waals surface area contributed by atoms with Crippen LogP contribution in [-0.4, -0.2) is 16.3 Å². The quantitative estimate of drug-likeness (QED) is 0.818. The predicted octanol–water partition coefficient (Wildman–Crippen LogP) is 2.71. The van der Waals surface area contributed by atoms with Crippen LogP contribution in [-0.2, 0) is 6.42 Å². The van der Waals surface area contributed by atoms with Crippen molar-refractivity contribution in [1.82, 2.24) is 4.98 Å². The Balaban J connectivity index is 1.93. The molecule has 2 aromatic rings. The number of benzene rings is 1. The molecule has 1 aromatic carbocycles. The van der Waals surface area contributed by atoms with Gasteiger partial charge in [-0.2, -0.15) is 0 Å². The predicted molar refractivity (Wildman–Crippen MR) is 69.0 cm³/mol. The fourth-order valence-electron chi connectivity index (χ4n) is 1.54. The molecule has 2 rings (SSSR count). The van der Waals surface area contributed by atoms with E-state index in [0.717, 1.165) is 11.3 Å². The van der Waals surface area contributed by atoms with E-state index in [1.54, 1.807) is 12.4 Å². The summed E-state index contributed by atoms with van der Waals surface area (Å²) in [4.78, 5) is 3.91. The third kappa shape index (κ3) is 3.73. The molecule has 4 heteroatoms. The van der Waals surface area contributed by atoms with Gasteiger partial charge in [-0.3, -0.25) is 4.98 Å². The number of nitrogens with zero attached hydrogens (tertiary/aromatic N) is 1. The Morgan fingerprint density at radius 2 is 1.76 bits per heavy atom. The van der Waals surface area contributed by atoms with Crippen LogP contribution in [0.5, 0.6) is 0 Å². The first-order chi connectivity index (χ1) is 8.24. The van der Waals surface area contributed by atoms with Crippen molar-refractivity contribution in [2.24, 2.45) is 0 Å². The zero-order valence-electron chi connectivity index (χ0n) is 9.18. The average molecular weight is 249 g/mol. The van der Waals surface area contributed by atoms with Gasteiger partial charge < -0.3 is 10.4 Å². The van der Waals surface area contributed by atoms with Gasteiger partial charge in [0.1, 0.15) is 6.23 Å². The summed E-state index contributed by atoms with van der Waals surface area (Å²) >= 11 is 5.79. The lowest BCUT2D eigenvalue weighted by atomic mass is 10.1. The van der Waals surface area contributed by atoms with Crippen LogP contribution in [0.3, 0.4) is 0 Å². The second-order valence-corrected chi connectivity index (χ2v) is 4.16. The van der Waals surface area contributed by atoms with Crippen molar-refractivity contribution in [3.8, 4) is 0 Å². The average Bonchev–Trinajstić information content (AvgIpc) is 2.33. The molecular weight excluding hydrogens is 236 g/mol. The van der Waals surface area contributed by atoms with Crippen molar-refractivity contribution < 1.29 is 5.11 Å². The lowest BCUT2D eigenvalue weighted by Gasteiger charge is -2.13. The second-order valence-electron chi connectivity index (χ2n) is 3.73. The first-order valence-electron chi connectivity index (χ1n) is 5.33. The summed E-state index contributed by atoms with van der Waals surface area (Å²) in [5.74, 6) is 0. The third-order valence-electron chi connectivity index (χ3n) is 2.36. The fraction of sp³-hybridized carbons (Fsp3) is 0.154. The number of nitrogens with one attached hydrogen (secondary N) is 1. The molecule has 1 heterocycles. The molecule has 1 aromatic heterocycles. The van der Waals surface area contributed by atoms with E-state index in [4.69, 9.17) is 11.6 Å². The van der Waals surface area contributed by atoms with Crippen LogP contribution < -0.4 is 5.32 Å². The van der Waals surface area contributed by atoms with Gasteiger partial charge in [0.2, 0.25) is 0 Å². The third-order valence-corrected chi connectivity index (χ3v) is 2.61. The number of hydrogen-bond acceptors (Lipinski definition) is 3. The van der Waals surface area contributed by atoms with Crippen molar-refractivity contribution in [2.75, 3.05) is 5.32 Å². The summed E-state index contributed by atoms with van der Waals surface area (Å²) < 4.78 is 0. The summed E-state index contributed by atoms with van der Waals surface area (Å²) in [6.07, 6.45) is 3.26. The van der Waals surface area contributed by atoms with Crippen molar-refractivity contribution in [2.45, 2.75) is 12.6 Å². The highest BCUT2D eigenvalue weighted by atomic mass is 35.5. The first kappa shape index (κ1) is 11.9. The van der Waals surface area contributed by atoms with Crippen LogP contribution >= 0.6 is 11.6 Å². The molecular formula is C13H13ClN2O. The van der Waals surface area contributed by atoms with Crippen molar-refractivity contribution in [3.05, 3.63) is 59.4 Å². The molecule has 0 radical (unpaired) electrons. The van der Waals surface area contributed by atoms with Crippen LogP contribution in [0.1, 0.15) is 5.56 Å². The van der Waals surface area contributed by atoms with Gasteiger partial charge in [0, 0.05) is 29.5 Å². The first-order valence-corrected chi connectivity index (χ1v) is 5.71. The molecule has 0 aliphatic carbocycles. The monoisotopic (exact) mass is 248 g/mol. The van der Waals surface area contributed by atoms with Gasteiger partial charge in [0.25, 0.3) is 0 Å². The van der Waals surface area contributed by atoms with Gasteiger partial charge in [-0.25, -0.2) is 0 Å². The van der Waals surface area contributed by atoms with E-state index in [0.29, 0.717) is 11.4 Å². The molecule has 0 aliphatic heterocycles. The number of rotatable bonds is 4. The van der Waals surface area contributed by atoms with Gasteiger partial charge in [-0.15, -0.1) is 0 Å². The highest BCUT2D eigenvalue weighted by molar-refractivity contribution is 6.30. The van der Waals surface area contributed by atoms with Gasteiger partial charge in [-0.05, 0) is 29.8 Å². The van der Waals surface area contributed by atoms with Gasteiger partial charge in [0.05, 0.1) is 0 Å². The molecule has 0 spiro atoms. The van der Waals surface area contributed by atoms with Gasteiger partial charge in [-0.1, -0.05) is 23.7 Å². The molecule has 0 fully saturated rings. The number of aliphatic hydroxyl groups excluding tert-OH is 1. The van der Waals surface area contributed by atoms with Crippen molar-refractivity contribution in [3.63, 3.8) is 0 Å². The number of halogens is 1. The molecule has 3 nitrogen and oxygen atoms in total. The van der Waals surface area contributed by atoms with Crippen LogP contribution in [0.2, 0.25) is 5.02 Å². The Morgan fingerprint density at radius 3 is 2.41 bits per heavy atom. The molecule has 17 heavy (non-hydrogen) atoms. The molecule has 0 aliphatic rings. The number of anilines is 1. The normalized spacial score (nSPS) is 12.1. The van der Waals surface area contributed by atoms with Crippen molar-refractivity contribution >= 4 is 17.3 Å². The highest BCUT2D eigenvalue weighted by Gasteiger charge is 2.04. The number of hydrogen-bond donors (Lipinski definition) is 2. The molecule has 0 amide bonds. The van der Waals surface area contributed by atoms with E-state index in [-0.39, 0.29) is 0 Å². The Bertz CT molecular complexity index is 459. The smallest absolute Gasteiger partial charge is 0.128 e. The SMILES string of the molecule is OC(Cc1ccc(Cl)cc1)Nc1ccncc1. The minimum Gasteiger partial charge on any atom is -0.373 e. The molecule has 0 saturated carbocycles. The molecule has 1 unspecified atom stereocenters. The highest BCUT2D eigenvalue weighted by Crippen LogP contribution is 2.12. The Labute approximate surface area is 105 Å². The second kappa shape index (κ2) is 5.66. The van der Waals surface area contributed by atoms with Crippen LogP contribution in [0.25, 0.3) is 0 Å². The zero-order valence-corrected chi connectivity index (χ0v) is 9.93. The summed E-state index contributed by atoms with van der Waals surface area (Å²) in [5.41, 5.74) is 1.88. The minimum absolute atomic E-state index is 0.527. The van der Waals surface area contributed by atoms with E-state index in [1.165, 1.54) is 0 Å². The lowest BCUT2D eigenvalue weighted by molar-refractivity contribution is 0.204. The number of pyridine rings is 1. The number of aromatic nitrogens is 1. The van der Waals surface area contributed by atoms with E-state index in [9.17, 15) is 5.11 Å². The topological polar surface area (TPSA) is 45.1 Å². The standard InChI is InChI=1S/C13H13ClN2O/c14-11-3-1-10(2-4-11)9-13(17)16-12-5-7-15-8-6-12/h1-8,13,17H,9H2,(H,15,16). The minimum atomic E-state index is -0.626. The summed E-state index contributed by atoms with van der Waals surface area (Å²) in [7, 11) is 0. The van der Waals surface area contributed by atoms with E-state index in [2.05, 4.69) is 10.3 Å². The summed E-state index contributed by atoms with van der Waals surface area (Å²) in [5, 5.41) is 13.5. The van der Waals surface area contributed by atoms with E-state index >= 15 is 0 Å². The van der Waals surface area contributed by atoms with Crippen LogP contribution in [0.4, 0.5) is 5.69 Å². The molecule has 88 valence electrons. The Kier molecular flexibility index (Phi) is 3.96. The van der Waals surface area contributed by atoms with E-state index in [1.807, 2.05) is 36.4 Å². The fourth-order valence-corrected chi connectivity index (χ4v) is 1.66. The summed E-state index contributed by atoms with van der Waals surface area (Å²) in [6, 6.07) is 11.1. The van der Waals surface area contributed by atoms with Gasteiger partial charge in [0.15, 0.2) is 0 Å². The Hall–Kier alpha value is -1.58. The van der Waals surface area contributed by atoms with Crippen LogP contribution in [0.15, 0.2) is 48.8 Å². The van der Waals surface area contributed by atoms with Gasteiger partial charge >= 0.3 is 0 Å².